The second-order valence-corrected chi connectivity index (χ2v) is 13.4. The van der Waals surface area contributed by atoms with E-state index in [4.69, 9.17) is 16.3 Å². The van der Waals surface area contributed by atoms with Crippen LogP contribution in [0.2, 0.25) is 5.02 Å². The number of Topliss-reactive ketones (excluding diaryl/α,β-unsaturated/α-hetero) is 1. The molecule has 0 bridgehead atoms. The van der Waals surface area contributed by atoms with Gasteiger partial charge < -0.3 is 29.4 Å². The molecule has 0 radical (unpaired) electrons. The van der Waals surface area contributed by atoms with Gasteiger partial charge >= 0.3 is 6.09 Å². The molecule has 0 spiro atoms. The Morgan fingerprint density at radius 2 is 1.69 bits per heavy atom. The van der Waals surface area contributed by atoms with Crippen molar-refractivity contribution < 1.29 is 19.1 Å². The Morgan fingerprint density at radius 3 is 2.42 bits per heavy atom. The zero-order valence-corrected chi connectivity index (χ0v) is 28.4. The molecule has 0 saturated heterocycles. The Labute approximate surface area is 283 Å². The van der Waals surface area contributed by atoms with Gasteiger partial charge in [0.25, 0.3) is 5.91 Å². The number of ether oxygens (including phenoxy) is 1. The fourth-order valence-corrected chi connectivity index (χ4v) is 6.57. The second kappa shape index (κ2) is 12.9. The number of fused-ring (bicyclic) bond motifs is 2. The standard InChI is InChI=1S/C35H37ClN8O4/c1-35(2,3)48-34(47)44-15-13-28-26(19-44)40-31(42(28)4)29(45)16-20-8-6-10-22(30(20)36)21-9-7-11-24(23(21)17-37)41-33(46)32-39-25-18-38-14-12-27(25)43(32)5/h6-11,38H,12-16,18-19H2,1-5H3,(H,41,46). The molecule has 4 aromatic rings. The summed E-state index contributed by atoms with van der Waals surface area (Å²) in [4.78, 5) is 50.4. The molecule has 13 heteroatoms. The number of anilines is 1. The van der Waals surface area contributed by atoms with Crippen LogP contribution in [0.3, 0.4) is 0 Å². The minimum Gasteiger partial charge on any atom is -0.444 e. The number of nitrogens with one attached hydrogen (secondary N) is 2. The minimum absolute atomic E-state index is 0.0246. The smallest absolute Gasteiger partial charge is 0.410 e. The van der Waals surface area contributed by atoms with Crippen molar-refractivity contribution >= 4 is 35.1 Å². The lowest BCUT2D eigenvalue weighted by Gasteiger charge is -2.29. The molecule has 2 N–H and O–H groups in total. The van der Waals surface area contributed by atoms with E-state index in [9.17, 15) is 19.6 Å². The first kappa shape index (κ1) is 32.9. The van der Waals surface area contributed by atoms with Crippen LogP contribution >= 0.6 is 11.6 Å². The average molecular weight is 669 g/mol. The van der Waals surface area contributed by atoms with Gasteiger partial charge in [-0.25, -0.2) is 14.8 Å². The molecule has 2 aromatic carbocycles. The third kappa shape index (κ3) is 6.31. The van der Waals surface area contributed by atoms with Crippen LogP contribution in [0.4, 0.5) is 10.5 Å². The van der Waals surface area contributed by atoms with Crippen LogP contribution in [0.15, 0.2) is 36.4 Å². The average Bonchev–Trinajstić information content (AvgIpc) is 3.57. The lowest BCUT2D eigenvalue weighted by Crippen LogP contribution is -2.40. The molecule has 0 fully saturated rings. The number of rotatable bonds is 6. The van der Waals surface area contributed by atoms with E-state index in [0.717, 1.165) is 30.0 Å². The maximum Gasteiger partial charge on any atom is 0.410 e. The van der Waals surface area contributed by atoms with Crippen molar-refractivity contribution in [2.24, 2.45) is 14.1 Å². The number of aromatic nitrogens is 4. The van der Waals surface area contributed by atoms with Crippen LogP contribution in [-0.4, -0.2) is 60.5 Å². The van der Waals surface area contributed by atoms with Crippen LogP contribution in [0.25, 0.3) is 11.1 Å². The number of hydrogen-bond acceptors (Lipinski definition) is 8. The lowest BCUT2D eigenvalue weighted by molar-refractivity contribution is 0.0220. The molecule has 0 aliphatic carbocycles. The maximum absolute atomic E-state index is 13.6. The van der Waals surface area contributed by atoms with Gasteiger partial charge in [0.05, 0.1) is 34.2 Å². The fraction of sp³-hybridized carbons (Fsp3) is 0.371. The van der Waals surface area contributed by atoms with Crippen molar-refractivity contribution in [1.82, 2.24) is 29.3 Å². The van der Waals surface area contributed by atoms with Gasteiger partial charge in [-0.05, 0) is 32.4 Å². The number of hydrogen-bond donors (Lipinski definition) is 2. The topological polar surface area (TPSA) is 147 Å². The molecule has 4 heterocycles. The largest absolute Gasteiger partial charge is 0.444 e. The molecule has 48 heavy (non-hydrogen) atoms. The van der Waals surface area contributed by atoms with E-state index in [1.807, 2.05) is 27.8 Å². The van der Waals surface area contributed by atoms with E-state index < -0.39 is 17.6 Å². The summed E-state index contributed by atoms with van der Waals surface area (Å²) >= 11 is 6.93. The highest BCUT2D eigenvalue weighted by Gasteiger charge is 2.30. The van der Waals surface area contributed by atoms with E-state index in [0.29, 0.717) is 52.6 Å². The normalized spacial score (nSPS) is 14.1. The molecule has 2 aliphatic heterocycles. The number of nitriles is 1. The third-order valence-corrected chi connectivity index (χ3v) is 9.08. The zero-order valence-electron chi connectivity index (χ0n) is 27.6. The summed E-state index contributed by atoms with van der Waals surface area (Å²) in [6.07, 6.45) is 0.884. The molecule has 2 amide bonds. The van der Waals surface area contributed by atoms with E-state index in [1.165, 1.54) is 0 Å². The number of amides is 2. The predicted molar refractivity (Wildman–Crippen MR) is 180 cm³/mol. The Hall–Kier alpha value is -4.99. The number of carbonyl (C=O) groups is 3. The number of imidazole rings is 2. The summed E-state index contributed by atoms with van der Waals surface area (Å²) in [5.74, 6) is -0.103. The molecule has 0 unspecified atom stereocenters. The zero-order chi connectivity index (χ0) is 34.3. The summed E-state index contributed by atoms with van der Waals surface area (Å²) in [7, 11) is 3.62. The number of benzene rings is 2. The quantitative estimate of drug-likeness (QED) is 0.274. The van der Waals surface area contributed by atoms with Gasteiger partial charge in [-0.2, -0.15) is 5.26 Å². The molecular formula is C35H37ClN8O4. The van der Waals surface area contributed by atoms with E-state index in [-0.39, 0.29) is 36.0 Å². The molecule has 12 nitrogen and oxygen atoms in total. The van der Waals surface area contributed by atoms with Crippen molar-refractivity contribution in [1.29, 1.82) is 5.26 Å². The number of nitrogens with zero attached hydrogens (tertiary/aromatic N) is 6. The van der Waals surface area contributed by atoms with Gasteiger partial charge in [0.2, 0.25) is 5.78 Å². The van der Waals surface area contributed by atoms with Gasteiger partial charge in [0.15, 0.2) is 11.6 Å². The Morgan fingerprint density at radius 1 is 1.00 bits per heavy atom. The monoisotopic (exact) mass is 668 g/mol. The number of ketones is 1. The van der Waals surface area contributed by atoms with Crippen molar-refractivity contribution in [3.05, 3.63) is 87.0 Å². The van der Waals surface area contributed by atoms with Crippen molar-refractivity contribution in [2.45, 2.75) is 58.7 Å². The molecule has 6 rings (SSSR count). The summed E-state index contributed by atoms with van der Waals surface area (Å²) in [5, 5.41) is 16.7. The van der Waals surface area contributed by atoms with Gasteiger partial charge in [0.1, 0.15) is 11.7 Å². The number of carbonyl (C=O) groups excluding carboxylic acids is 3. The van der Waals surface area contributed by atoms with Crippen molar-refractivity contribution in [3.63, 3.8) is 0 Å². The number of halogens is 1. The molecule has 248 valence electrons. The molecular weight excluding hydrogens is 632 g/mol. The van der Waals surface area contributed by atoms with Crippen molar-refractivity contribution in [3.8, 4) is 17.2 Å². The maximum atomic E-state index is 13.6. The molecule has 2 aliphatic rings. The highest BCUT2D eigenvalue weighted by atomic mass is 35.5. The lowest BCUT2D eigenvalue weighted by atomic mass is 9.95. The van der Waals surface area contributed by atoms with Crippen molar-refractivity contribution in [2.75, 3.05) is 18.4 Å². The van der Waals surface area contributed by atoms with Crippen LogP contribution in [0.1, 0.15) is 75.9 Å². The highest BCUT2D eigenvalue weighted by molar-refractivity contribution is 6.34. The first-order valence-electron chi connectivity index (χ1n) is 15.8. The third-order valence-electron chi connectivity index (χ3n) is 8.63. The Kier molecular flexibility index (Phi) is 8.85. The van der Waals surface area contributed by atoms with Crippen LogP contribution in [0.5, 0.6) is 0 Å². The molecule has 2 aromatic heterocycles. The predicted octanol–water partition coefficient (Wildman–Crippen LogP) is 4.96. The summed E-state index contributed by atoms with van der Waals surface area (Å²) in [6.45, 7) is 7.60. The van der Waals surface area contributed by atoms with Gasteiger partial charge in [-0.1, -0.05) is 41.9 Å². The van der Waals surface area contributed by atoms with E-state index >= 15 is 0 Å². The summed E-state index contributed by atoms with van der Waals surface area (Å²) in [5.41, 5.74) is 5.02. The fourth-order valence-electron chi connectivity index (χ4n) is 6.27. The molecule has 0 atom stereocenters. The van der Waals surface area contributed by atoms with Crippen LogP contribution in [-0.2, 0) is 51.2 Å². The Bertz CT molecular complexity index is 2000. The first-order chi connectivity index (χ1) is 22.9. The van der Waals surface area contributed by atoms with Gasteiger partial charge in [-0.3, -0.25) is 9.59 Å². The summed E-state index contributed by atoms with van der Waals surface area (Å²) in [6, 6.07) is 12.7. The van der Waals surface area contributed by atoms with Gasteiger partial charge in [0, 0.05) is 75.5 Å². The van der Waals surface area contributed by atoms with Gasteiger partial charge in [-0.15, -0.1) is 0 Å². The van der Waals surface area contributed by atoms with Crippen LogP contribution in [0, 0.1) is 11.3 Å². The highest BCUT2D eigenvalue weighted by Crippen LogP contribution is 2.36. The molecule has 0 saturated carbocycles. The Balaban J connectivity index is 1.23. The van der Waals surface area contributed by atoms with E-state index in [2.05, 4.69) is 26.7 Å². The first-order valence-corrected chi connectivity index (χ1v) is 16.2. The minimum atomic E-state index is -0.614. The second-order valence-electron chi connectivity index (χ2n) is 13.0. The SMILES string of the molecule is Cn1c(C(=O)Cc2cccc(-c3cccc(NC(=O)c4nc5c(n4C)CCNC5)c3C#N)c2Cl)nc2c1CCN(C(=O)OC(C)(C)C)C2. The van der Waals surface area contributed by atoms with E-state index in [1.54, 1.807) is 57.5 Å². The van der Waals surface area contributed by atoms with Crippen LogP contribution < -0.4 is 10.6 Å². The summed E-state index contributed by atoms with van der Waals surface area (Å²) < 4.78 is 9.11.